The molecular formula is C41H56F3N9O4. The van der Waals surface area contributed by atoms with Gasteiger partial charge >= 0.3 is 18.0 Å². The fraction of sp³-hybridized carbons (Fsp3) is 0.610. The predicted molar refractivity (Wildman–Crippen MR) is 209 cm³/mol. The third-order valence-electron chi connectivity index (χ3n) is 11.5. The first-order chi connectivity index (χ1) is 27.1. The molecule has 0 unspecified atom stereocenters. The van der Waals surface area contributed by atoms with Crippen LogP contribution in [-0.4, -0.2) is 127 Å². The minimum absolute atomic E-state index is 0.183. The van der Waals surface area contributed by atoms with Crippen LogP contribution in [-0.2, 0) is 41.1 Å². The van der Waals surface area contributed by atoms with Gasteiger partial charge < -0.3 is 18.9 Å². The van der Waals surface area contributed by atoms with E-state index < -0.39 is 23.0 Å². The van der Waals surface area contributed by atoms with Crippen molar-refractivity contribution in [2.45, 2.75) is 77.1 Å². The number of aromatic nitrogens is 5. The van der Waals surface area contributed by atoms with Gasteiger partial charge in [-0.1, -0.05) is 19.1 Å². The van der Waals surface area contributed by atoms with Crippen LogP contribution in [0.1, 0.15) is 69.5 Å². The summed E-state index contributed by atoms with van der Waals surface area (Å²) in [4.78, 5) is 35.2. The Morgan fingerprint density at radius 2 is 1.75 bits per heavy atom. The molecule has 310 valence electrons. The number of carbonyl (C=O) groups excluding carboxylic acids is 1. The molecule has 7 rings (SSSR count). The van der Waals surface area contributed by atoms with Crippen LogP contribution in [0.2, 0.25) is 0 Å². The Balaban J connectivity index is 1.02. The molecule has 1 aromatic carbocycles. The largest absolute Gasteiger partial charge is 0.444 e. The maximum atomic E-state index is 14.7. The van der Waals surface area contributed by atoms with Gasteiger partial charge in [0, 0.05) is 70.5 Å². The molecule has 3 aromatic heterocycles. The molecule has 6 heterocycles. The summed E-state index contributed by atoms with van der Waals surface area (Å²) in [7, 11) is 1.88. The van der Waals surface area contributed by atoms with Crippen LogP contribution in [0, 0.1) is 5.92 Å². The zero-order chi connectivity index (χ0) is 40.5. The number of benzene rings is 1. The van der Waals surface area contributed by atoms with E-state index in [1.807, 2.05) is 50.6 Å². The number of halogens is 3. The van der Waals surface area contributed by atoms with Crippen molar-refractivity contribution in [3.8, 4) is 5.69 Å². The average Bonchev–Trinajstić information content (AvgIpc) is 3.70. The molecule has 13 nitrogen and oxygen atoms in total. The number of fused-ring (bicyclic) bond motifs is 1. The highest BCUT2D eigenvalue weighted by Gasteiger charge is 2.42. The Morgan fingerprint density at radius 3 is 2.37 bits per heavy atom. The number of alkyl halides is 3. The highest BCUT2D eigenvalue weighted by Crippen LogP contribution is 2.37. The smallest absolute Gasteiger partial charge is 0.418 e. The first-order valence-electron chi connectivity index (χ1n) is 20.1. The van der Waals surface area contributed by atoms with Gasteiger partial charge in [-0.3, -0.25) is 23.7 Å². The molecule has 0 aliphatic carbocycles. The van der Waals surface area contributed by atoms with Crippen LogP contribution in [0.15, 0.2) is 53.8 Å². The average molecular weight is 796 g/mol. The van der Waals surface area contributed by atoms with Crippen LogP contribution >= 0.6 is 0 Å². The van der Waals surface area contributed by atoms with E-state index in [1.165, 1.54) is 16.8 Å². The molecule has 1 amide bonds. The van der Waals surface area contributed by atoms with Crippen LogP contribution in [0.3, 0.4) is 0 Å². The van der Waals surface area contributed by atoms with E-state index >= 15 is 0 Å². The fourth-order valence-electron chi connectivity index (χ4n) is 8.39. The van der Waals surface area contributed by atoms with Crippen molar-refractivity contribution in [3.63, 3.8) is 0 Å². The second-order valence-electron chi connectivity index (χ2n) is 17.2. The molecule has 0 spiro atoms. The van der Waals surface area contributed by atoms with Crippen LogP contribution in [0.25, 0.3) is 11.2 Å². The number of hydrogen-bond donors (Lipinski definition) is 0. The molecule has 0 atom stereocenters. The summed E-state index contributed by atoms with van der Waals surface area (Å²) in [5.41, 5.74) is -0.624. The number of hydrogen-bond acceptors (Lipinski definition) is 9. The molecule has 3 aliphatic rings. The summed E-state index contributed by atoms with van der Waals surface area (Å²) in [5, 5.41) is 8.24. The minimum Gasteiger partial charge on any atom is -0.444 e. The Bertz CT molecular complexity index is 2070. The zero-order valence-electron chi connectivity index (χ0n) is 33.8. The van der Waals surface area contributed by atoms with Crippen LogP contribution in [0.4, 0.5) is 18.0 Å². The number of carbonyl (C=O) groups is 1. The highest BCUT2D eigenvalue weighted by molar-refractivity contribution is 5.68. The van der Waals surface area contributed by atoms with E-state index in [9.17, 15) is 22.8 Å². The van der Waals surface area contributed by atoms with Gasteiger partial charge in [-0.2, -0.15) is 13.2 Å². The van der Waals surface area contributed by atoms with E-state index in [-0.39, 0.29) is 23.6 Å². The topological polar surface area (TPSA) is 106 Å². The first-order valence-corrected chi connectivity index (χ1v) is 20.1. The van der Waals surface area contributed by atoms with Crippen LogP contribution in [0.5, 0.6) is 0 Å². The summed E-state index contributed by atoms with van der Waals surface area (Å²) in [5.74, 6) is 1.34. The summed E-state index contributed by atoms with van der Waals surface area (Å²) in [6.45, 7) is 16.0. The van der Waals surface area contributed by atoms with Gasteiger partial charge in [0.05, 0.1) is 36.6 Å². The maximum absolute atomic E-state index is 14.7. The van der Waals surface area contributed by atoms with E-state index in [2.05, 4.69) is 31.8 Å². The van der Waals surface area contributed by atoms with Gasteiger partial charge in [0.25, 0.3) is 0 Å². The van der Waals surface area contributed by atoms with Crippen molar-refractivity contribution in [3.05, 3.63) is 82.1 Å². The number of nitrogens with zero attached hydrogens (tertiary/aromatic N) is 9. The number of likely N-dealkylation sites (tertiary alicyclic amines) is 1. The maximum Gasteiger partial charge on any atom is 0.418 e. The third-order valence-corrected chi connectivity index (χ3v) is 11.5. The van der Waals surface area contributed by atoms with Crippen molar-refractivity contribution in [1.29, 1.82) is 0 Å². The van der Waals surface area contributed by atoms with Crippen molar-refractivity contribution in [2.24, 2.45) is 13.0 Å². The number of imidazole rings is 1. The van der Waals surface area contributed by atoms with Crippen molar-refractivity contribution in [2.75, 3.05) is 72.2 Å². The van der Waals surface area contributed by atoms with Crippen LogP contribution < -0.4 is 5.69 Å². The summed E-state index contributed by atoms with van der Waals surface area (Å²) >= 11 is 0. The summed E-state index contributed by atoms with van der Waals surface area (Å²) in [6.07, 6.45) is 3.09. The molecule has 0 saturated carbocycles. The van der Waals surface area contributed by atoms with Gasteiger partial charge in [0.2, 0.25) is 0 Å². The molecule has 3 saturated heterocycles. The van der Waals surface area contributed by atoms with Gasteiger partial charge in [0.1, 0.15) is 17.8 Å². The van der Waals surface area contributed by atoms with Crippen molar-refractivity contribution in [1.82, 2.24) is 43.3 Å². The summed E-state index contributed by atoms with van der Waals surface area (Å²) in [6, 6.07) is 8.60. The Labute approximate surface area is 331 Å². The molecule has 0 bridgehead atoms. The quantitative estimate of drug-likeness (QED) is 0.192. The Hall–Kier alpha value is -4.25. The Kier molecular flexibility index (Phi) is 11.9. The third kappa shape index (κ3) is 9.40. The highest BCUT2D eigenvalue weighted by atomic mass is 19.4. The fourth-order valence-corrected chi connectivity index (χ4v) is 8.39. The molecule has 0 radical (unpaired) electrons. The van der Waals surface area contributed by atoms with E-state index in [4.69, 9.17) is 9.47 Å². The van der Waals surface area contributed by atoms with Gasteiger partial charge in [-0.15, -0.1) is 10.2 Å². The second kappa shape index (κ2) is 16.5. The number of rotatable bonds is 12. The van der Waals surface area contributed by atoms with E-state index in [0.29, 0.717) is 63.1 Å². The second-order valence-corrected chi connectivity index (χ2v) is 17.2. The SMILES string of the molecule is CCCN(Cc1cc(C(F)(F)F)c2cn(-c3cccc(C4(Cc5nncn5C)COC4)c3)c(=O)n2c1)CN1CCC(CN2CCN(C(=O)OC(C)(C)C)CC2)CC1. The van der Waals surface area contributed by atoms with E-state index in [0.717, 1.165) is 67.8 Å². The Morgan fingerprint density at radius 1 is 1.02 bits per heavy atom. The summed E-state index contributed by atoms with van der Waals surface area (Å²) < 4.78 is 59.6. The lowest BCUT2D eigenvalue weighted by atomic mass is 9.75. The molecule has 0 N–H and O–H groups in total. The molecule has 4 aromatic rings. The molecule has 16 heteroatoms. The lowest BCUT2D eigenvalue weighted by Crippen LogP contribution is -2.51. The standard InChI is InChI=1S/C41H56F3N9O4/c1-6-12-50(29-49-13-10-30(11-14-49)22-48-15-17-51(18-16-48)38(55)57-39(2,3)4)23-31-19-34(41(42,43)44)35-25-52(37(54)53(35)24-31)33-9-7-8-32(20-33)40(26-56-27-40)21-36-46-45-28-47(36)5/h7-9,19-20,24-25,28,30H,6,10-18,21-23,26-27,29H2,1-5H3. The number of piperazine rings is 1. The number of piperidine rings is 1. The molecule has 3 aliphatic heterocycles. The number of ether oxygens (including phenoxy) is 2. The number of pyridine rings is 1. The monoisotopic (exact) mass is 795 g/mol. The van der Waals surface area contributed by atoms with Crippen molar-refractivity contribution >= 4 is 11.6 Å². The minimum atomic E-state index is -4.66. The zero-order valence-corrected chi connectivity index (χ0v) is 33.8. The van der Waals surface area contributed by atoms with Gasteiger partial charge in [-0.25, -0.2) is 9.59 Å². The normalized spacial score (nSPS) is 18.7. The van der Waals surface area contributed by atoms with Gasteiger partial charge in [-0.05, 0) is 94.9 Å². The molecule has 57 heavy (non-hydrogen) atoms. The lowest BCUT2D eigenvalue weighted by molar-refractivity contribution is -0.136. The molecular weight excluding hydrogens is 740 g/mol. The lowest BCUT2D eigenvalue weighted by Gasteiger charge is -2.41. The number of amides is 1. The van der Waals surface area contributed by atoms with Crippen molar-refractivity contribution < 1.29 is 27.4 Å². The van der Waals surface area contributed by atoms with Gasteiger partial charge in [0.15, 0.2) is 0 Å². The number of aryl methyl sites for hydroxylation is 1. The van der Waals surface area contributed by atoms with E-state index in [1.54, 1.807) is 23.5 Å². The predicted octanol–water partition coefficient (Wildman–Crippen LogP) is 5.18. The molecule has 3 fully saturated rings. The first kappa shape index (κ1) is 40.9.